The molecule has 0 aliphatic carbocycles. The van der Waals surface area contributed by atoms with Crippen molar-refractivity contribution in [3.63, 3.8) is 0 Å². The number of tetrazole rings is 1. The molecule has 2 aliphatic heterocycles. The fourth-order valence-electron chi connectivity index (χ4n) is 3.56. The Labute approximate surface area is 212 Å². The summed E-state index contributed by atoms with van der Waals surface area (Å²) in [5, 5.41) is 20.7. The first-order valence-corrected chi connectivity index (χ1v) is 13.7. The summed E-state index contributed by atoms with van der Waals surface area (Å²) >= 11 is 7.92. The fraction of sp³-hybridized carbons (Fsp3) is 0.333. The predicted molar refractivity (Wildman–Crippen MR) is 125 cm³/mol. The van der Waals surface area contributed by atoms with E-state index in [1.807, 2.05) is 0 Å². The van der Waals surface area contributed by atoms with Crippen LogP contribution < -0.4 is 5.32 Å². The monoisotopic (exact) mass is 560 g/mol. The van der Waals surface area contributed by atoms with Gasteiger partial charge in [0.2, 0.25) is 11.1 Å². The highest BCUT2D eigenvalue weighted by atomic mass is 35.5. The number of carbonyl (C=O) groups is 3. The number of alkyl halides is 1. The lowest BCUT2D eigenvalue weighted by atomic mass is 10.0. The summed E-state index contributed by atoms with van der Waals surface area (Å²) in [6.45, 7) is 0. The zero-order chi connectivity index (χ0) is 25.5. The minimum absolute atomic E-state index is 0.0131. The van der Waals surface area contributed by atoms with Crippen molar-refractivity contribution in [2.45, 2.75) is 27.7 Å². The number of nitrogens with zero attached hydrogens (tertiary/aromatic N) is 5. The first-order valence-electron chi connectivity index (χ1n) is 9.75. The molecule has 0 saturated carbocycles. The normalized spacial score (nSPS) is 20.8. The standard InChI is InChI=1S/C18H17ClN6O7S3/c1-24-18(21-22-23-24)34-10-7-33-16-11(15(27)25(16)12(10)17(28)29)20-14(26)13(35(30,31)32)9-4-2-8(6-19)3-5-9/h2-5,11,13,16H,6-7H2,1H3,(H,20,26)(H,28,29)(H,30,31,32). The summed E-state index contributed by atoms with van der Waals surface area (Å²) in [6.07, 6.45) is 0. The van der Waals surface area contributed by atoms with Gasteiger partial charge in [0.05, 0.1) is 0 Å². The number of fused-ring (bicyclic) bond motifs is 1. The maximum absolute atomic E-state index is 12.9. The Morgan fingerprint density at radius 2 is 2.03 bits per heavy atom. The molecule has 4 rings (SSSR count). The number of rotatable bonds is 8. The molecule has 1 aromatic carbocycles. The minimum atomic E-state index is -4.88. The van der Waals surface area contributed by atoms with Crippen molar-refractivity contribution in [1.82, 2.24) is 30.4 Å². The lowest BCUT2D eigenvalue weighted by Crippen LogP contribution is -2.70. The van der Waals surface area contributed by atoms with Crippen LogP contribution in [-0.4, -0.2) is 78.1 Å². The molecule has 3 heterocycles. The van der Waals surface area contributed by atoms with Gasteiger partial charge in [-0.15, -0.1) is 28.5 Å². The average molecular weight is 561 g/mol. The van der Waals surface area contributed by atoms with Gasteiger partial charge in [0.15, 0.2) is 5.25 Å². The molecule has 2 aromatic rings. The lowest BCUT2D eigenvalue weighted by molar-refractivity contribution is -0.150. The molecule has 1 saturated heterocycles. The van der Waals surface area contributed by atoms with Crippen LogP contribution in [0.3, 0.4) is 0 Å². The molecular weight excluding hydrogens is 544 g/mol. The Kier molecular flexibility index (Phi) is 7.10. The van der Waals surface area contributed by atoms with Gasteiger partial charge in [-0.3, -0.25) is 19.0 Å². The molecule has 0 bridgehead atoms. The Bertz CT molecular complexity index is 1330. The summed E-state index contributed by atoms with van der Waals surface area (Å²) in [4.78, 5) is 39.1. The number of carbonyl (C=O) groups excluding carboxylic acids is 2. The van der Waals surface area contributed by atoms with Gasteiger partial charge >= 0.3 is 5.97 Å². The summed E-state index contributed by atoms with van der Waals surface area (Å²) in [6, 6.07) is 4.52. The van der Waals surface area contributed by atoms with Crippen LogP contribution in [0.15, 0.2) is 40.0 Å². The minimum Gasteiger partial charge on any atom is -0.477 e. The van der Waals surface area contributed by atoms with Crippen LogP contribution in [0.4, 0.5) is 0 Å². The smallest absolute Gasteiger partial charge is 0.353 e. The van der Waals surface area contributed by atoms with E-state index in [0.29, 0.717) is 15.6 Å². The number of halogens is 1. The number of hydrogen-bond acceptors (Lipinski definition) is 10. The summed E-state index contributed by atoms with van der Waals surface area (Å²) in [5.74, 6) is -2.84. The number of β-lactam (4-membered cyclic amide) rings is 1. The van der Waals surface area contributed by atoms with Gasteiger partial charge in [-0.1, -0.05) is 24.3 Å². The fourth-order valence-corrected chi connectivity index (χ4v) is 6.96. The largest absolute Gasteiger partial charge is 0.477 e. The second-order valence-corrected chi connectivity index (χ2v) is 11.4. The zero-order valence-electron chi connectivity index (χ0n) is 17.7. The number of aromatic nitrogens is 4. The first kappa shape index (κ1) is 25.4. The second-order valence-electron chi connectivity index (χ2n) is 7.43. The van der Waals surface area contributed by atoms with Crippen LogP contribution in [0.2, 0.25) is 0 Å². The molecule has 17 heteroatoms. The van der Waals surface area contributed by atoms with Gasteiger partial charge in [0.1, 0.15) is 17.1 Å². The Morgan fingerprint density at radius 3 is 2.57 bits per heavy atom. The summed E-state index contributed by atoms with van der Waals surface area (Å²) < 4.78 is 35.1. The van der Waals surface area contributed by atoms with Gasteiger partial charge in [-0.2, -0.15) is 8.42 Å². The Morgan fingerprint density at radius 1 is 1.34 bits per heavy atom. The van der Waals surface area contributed by atoms with Crippen LogP contribution in [0.25, 0.3) is 0 Å². The van der Waals surface area contributed by atoms with Crippen molar-refractivity contribution in [3.05, 3.63) is 46.0 Å². The van der Waals surface area contributed by atoms with E-state index in [-0.39, 0.29) is 22.9 Å². The van der Waals surface area contributed by atoms with Crippen LogP contribution >= 0.6 is 35.1 Å². The van der Waals surface area contributed by atoms with Crippen molar-refractivity contribution >= 4 is 63.0 Å². The SMILES string of the molecule is Cn1nnnc1SC1=C(C(=O)O)N2C(=O)C(NC(=O)C(c3ccc(CCl)cc3)S(=O)(=O)O)C2SC1. The number of aliphatic carboxylic acids is 1. The Hall–Kier alpha value is -2.66. The number of amides is 2. The molecule has 186 valence electrons. The van der Waals surface area contributed by atoms with Gasteiger partial charge < -0.3 is 10.4 Å². The van der Waals surface area contributed by atoms with Gasteiger partial charge in [0.25, 0.3) is 16.0 Å². The lowest BCUT2D eigenvalue weighted by Gasteiger charge is -2.49. The maximum atomic E-state index is 12.9. The van der Waals surface area contributed by atoms with Crippen LogP contribution in [0.5, 0.6) is 0 Å². The molecule has 13 nitrogen and oxygen atoms in total. The number of benzene rings is 1. The molecule has 1 fully saturated rings. The van der Waals surface area contributed by atoms with Crippen LogP contribution in [0.1, 0.15) is 16.4 Å². The third kappa shape index (κ3) is 4.88. The number of carboxylic acids is 1. The van der Waals surface area contributed by atoms with E-state index in [9.17, 15) is 32.5 Å². The van der Waals surface area contributed by atoms with E-state index in [4.69, 9.17) is 11.6 Å². The van der Waals surface area contributed by atoms with E-state index in [0.717, 1.165) is 16.7 Å². The molecule has 1 aromatic heterocycles. The second kappa shape index (κ2) is 9.77. The molecule has 3 N–H and O–H groups in total. The average Bonchev–Trinajstić information content (AvgIpc) is 3.20. The molecule has 2 amide bonds. The zero-order valence-corrected chi connectivity index (χ0v) is 20.9. The van der Waals surface area contributed by atoms with Gasteiger partial charge in [-0.05, 0) is 33.3 Å². The molecule has 35 heavy (non-hydrogen) atoms. The van der Waals surface area contributed by atoms with E-state index in [2.05, 4.69) is 20.8 Å². The highest BCUT2D eigenvalue weighted by Crippen LogP contribution is 2.44. The number of thioether (sulfide) groups is 2. The number of nitrogens with one attached hydrogen (secondary N) is 1. The highest BCUT2D eigenvalue weighted by molar-refractivity contribution is 8.06. The highest BCUT2D eigenvalue weighted by Gasteiger charge is 2.55. The van der Waals surface area contributed by atoms with Gasteiger partial charge in [0, 0.05) is 23.6 Å². The number of carboxylic acid groups (broad SMARTS) is 1. The van der Waals surface area contributed by atoms with Gasteiger partial charge in [-0.25, -0.2) is 9.48 Å². The summed E-state index contributed by atoms with van der Waals surface area (Å²) in [7, 11) is -3.30. The molecule has 0 radical (unpaired) electrons. The quantitative estimate of drug-likeness (QED) is 0.229. The number of hydrogen-bond donors (Lipinski definition) is 3. The van der Waals surface area contributed by atoms with Crippen molar-refractivity contribution in [1.29, 1.82) is 0 Å². The van der Waals surface area contributed by atoms with Crippen molar-refractivity contribution < 1.29 is 32.5 Å². The third-order valence-electron chi connectivity index (χ3n) is 5.20. The Balaban J connectivity index is 1.56. The van der Waals surface area contributed by atoms with Crippen molar-refractivity contribution in [2.24, 2.45) is 7.05 Å². The van der Waals surface area contributed by atoms with E-state index in [1.54, 1.807) is 7.05 Å². The van der Waals surface area contributed by atoms with Crippen molar-refractivity contribution in [2.75, 3.05) is 5.75 Å². The first-order chi connectivity index (χ1) is 16.5. The molecular formula is C18H17ClN6O7S3. The molecule has 3 unspecified atom stereocenters. The molecule has 0 spiro atoms. The molecule has 2 aliphatic rings. The predicted octanol–water partition coefficient (Wildman–Crippen LogP) is 0.366. The van der Waals surface area contributed by atoms with Crippen LogP contribution in [0, 0.1) is 0 Å². The molecule has 3 atom stereocenters. The summed E-state index contributed by atoms with van der Waals surface area (Å²) in [5.41, 5.74) is 0.397. The van der Waals surface area contributed by atoms with E-state index >= 15 is 0 Å². The van der Waals surface area contributed by atoms with Crippen LogP contribution in [-0.2, 0) is 37.4 Å². The third-order valence-corrected chi connectivity index (χ3v) is 9.17. The van der Waals surface area contributed by atoms with Crippen molar-refractivity contribution in [3.8, 4) is 0 Å². The maximum Gasteiger partial charge on any atom is 0.353 e. The number of aryl methyl sites for hydroxylation is 1. The van der Waals surface area contributed by atoms with E-state index in [1.165, 1.54) is 40.7 Å². The topological polar surface area (TPSA) is 185 Å². The van der Waals surface area contributed by atoms with E-state index < -0.39 is 44.6 Å².